The number of carbonyl (C=O) groups is 1. The molecule has 1 fully saturated rings. The van der Waals surface area contributed by atoms with E-state index in [2.05, 4.69) is 5.32 Å². The maximum absolute atomic E-state index is 12.1. The van der Waals surface area contributed by atoms with Crippen molar-refractivity contribution in [2.75, 3.05) is 5.32 Å². The molecule has 2 N–H and O–H groups in total. The lowest BCUT2D eigenvalue weighted by molar-refractivity contribution is -0.135. The van der Waals surface area contributed by atoms with Crippen molar-refractivity contribution in [3.8, 4) is 0 Å². The Balaban J connectivity index is 1.90. The van der Waals surface area contributed by atoms with Gasteiger partial charge in [0.05, 0.1) is 0 Å². The van der Waals surface area contributed by atoms with Gasteiger partial charge in [0.25, 0.3) is 5.91 Å². The quantitative estimate of drug-likeness (QED) is 0.871. The molecule has 1 aromatic rings. The number of rotatable bonds is 2. The predicted octanol–water partition coefficient (Wildman–Crippen LogP) is 3.45. The van der Waals surface area contributed by atoms with E-state index < -0.39 is 5.60 Å². The Morgan fingerprint density at radius 1 is 1.32 bits per heavy atom. The van der Waals surface area contributed by atoms with Gasteiger partial charge < -0.3 is 10.4 Å². The molecule has 102 valence electrons. The van der Waals surface area contributed by atoms with Crippen molar-refractivity contribution in [3.05, 3.63) is 28.8 Å². The number of hydrogen-bond donors (Lipinski definition) is 2. The summed E-state index contributed by atoms with van der Waals surface area (Å²) in [5, 5.41) is 14.1. The number of hydrogen-bond acceptors (Lipinski definition) is 2. The minimum Gasteiger partial charge on any atom is -0.375 e. The standard InChI is InChI=1S/C15H18ClNO2/c16-11-6-7-13-12(8-11)15(19,14(18)17-13)9-10-4-2-1-3-5-10/h6-8,10,19H,1-5,9H2,(H,17,18). The zero-order valence-electron chi connectivity index (χ0n) is 10.8. The molecule has 1 atom stereocenters. The van der Waals surface area contributed by atoms with Crippen molar-refractivity contribution in [3.63, 3.8) is 0 Å². The highest BCUT2D eigenvalue weighted by Gasteiger charge is 2.46. The minimum atomic E-state index is -1.40. The lowest BCUT2D eigenvalue weighted by atomic mass is 9.78. The van der Waals surface area contributed by atoms with Crippen molar-refractivity contribution in [1.82, 2.24) is 0 Å². The summed E-state index contributed by atoms with van der Waals surface area (Å²) in [6.45, 7) is 0. The zero-order valence-corrected chi connectivity index (χ0v) is 11.5. The number of benzene rings is 1. The van der Waals surface area contributed by atoms with Crippen LogP contribution in [0.15, 0.2) is 18.2 Å². The Bertz CT molecular complexity index is 511. The molecule has 0 aromatic heterocycles. The van der Waals surface area contributed by atoms with Gasteiger partial charge in [0, 0.05) is 16.3 Å². The summed E-state index contributed by atoms with van der Waals surface area (Å²) in [6.07, 6.45) is 6.38. The van der Waals surface area contributed by atoms with Gasteiger partial charge in [-0.05, 0) is 30.5 Å². The van der Waals surface area contributed by atoms with E-state index >= 15 is 0 Å². The average molecular weight is 280 g/mol. The van der Waals surface area contributed by atoms with Crippen LogP contribution in [0.3, 0.4) is 0 Å². The van der Waals surface area contributed by atoms with Crippen molar-refractivity contribution in [2.45, 2.75) is 44.1 Å². The van der Waals surface area contributed by atoms with Crippen LogP contribution in [-0.4, -0.2) is 11.0 Å². The average Bonchev–Trinajstić information content (AvgIpc) is 2.64. The summed E-state index contributed by atoms with van der Waals surface area (Å²) < 4.78 is 0. The number of nitrogens with one attached hydrogen (secondary N) is 1. The summed E-state index contributed by atoms with van der Waals surface area (Å²) in [5.74, 6) is 0.116. The summed E-state index contributed by atoms with van der Waals surface area (Å²) in [7, 11) is 0. The van der Waals surface area contributed by atoms with Crippen LogP contribution in [0.4, 0.5) is 5.69 Å². The van der Waals surface area contributed by atoms with Crippen LogP contribution in [-0.2, 0) is 10.4 Å². The molecule has 3 nitrogen and oxygen atoms in total. The smallest absolute Gasteiger partial charge is 0.261 e. The van der Waals surface area contributed by atoms with Gasteiger partial charge in [0.1, 0.15) is 0 Å². The molecule has 4 heteroatoms. The molecule has 1 aliphatic heterocycles. The van der Waals surface area contributed by atoms with Crippen LogP contribution in [0, 0.1) is 5.92 Å². The molecule has 19 heavy (non-hydrogen) atoms. The number of anilines is 1. The molecule has 0 bridgehead atoms. The van der Waals surface area contributed by atoms with Crippen molar-refractivity contribution >= 4 is 23.2 Å². The van der Waals surface area contributed by atoms with Gasteiger partial charge in [0.2, 0.25) is 0 Å². The molecule has 1 aromatic carbocycles. The number of carbonyl (C=O) groups excluding carboxylic acids is 1. The molecule has 2 aliphatic rings. The van der Waals surface area contributed by atoms with E-state index in [-0.39, 0.29) is 5.91 Å². The van der Waals surface area contributed by atoms with Crippen LogP contribution < -0.4 is 5.32 Å². The van der Waals surface area contributed by atoms with E-state index in [0.29, 0.717) is 28.6 Å². The molecule has 1 heterocycles. The lowest BCUT2D eigenvalue weighted by Crippen LogP contribution is -2.36. The summed E-state index contributed by atoms with van der Waals surface area (Å²) in [6, 6.07) is 5.19. The number of aliphatic hydroxyl groups is 1. The van der Waals surface area contributed by atoms with Gasteiger partial charge in [-0.1, -0.05) is 43.7 Å². The van der Waals surface area contributed by atoms with Gasteiger partial charge in [-0.25, -0.2) is 0 Å². The van der Waals surface area contributed by atoms with Crippen molar-refractivity contribution in [2.24, 2.45) is 5.92 Å². The summed E-state index contributed by atoms with van der Waals surface area (Å²) in [4.78, 5) is 12.1. The Labute approximate surface area is 118 Å². The largest absolute Gasteiger partial charge is 0.375 e. The monoisotopic (exact) mass is 279 g/mol. The highest BCUT2D eigenvalue weighted by molar-refractivity contribution is 6.31. The molecule has 0 saturated heterocycles. The van der Waals surface area contributed by atoms with Crippen molar-refractivity contribution < 1.29 is 9.90 Å². The van der Waals surface area contributed by atoms with E-state index in [9.17, 15) is 9.90 Å². The highest BCUT2D eigenvalue weighted by Crippen LogP contribution is 2.43. The normalized spacial score (nSPS) is 27.2. The third-order valence-electron chi connectivity index (χ3n) is 4.36. The third kappa shape index (κ3) is 2.26. The number of amides is 1. The van der Waals surface area contributed by atoms with Crippen LogP contribution >= 0.6 is 11.6 Å². The SMILES string of the molecule is O=C1Nc2ccc(Cl)cc2C1(O)CC1CCCCC1. The summed E-state index contributed by atoms with van der Waals surface area (Å²) in [5.41, 5.74) is -0.0781. The molecular weight excluding hydrogens is 262 g/mol. The molecule has 1 amide bonds. The molecular formula is C15H18ClNO2. The number of halogens is 1. The minimum absolute atomic E-state index is 0.310. The first-order valence-electron chi connectivity index (χ1n) is 6.93. The van der Waals surface area contributed by atoms with E-state index in [1.807, 2.05) is 0 Å². The topological polar surface area (TPSA) is 49.3 Å². The Morgan fingerprint density at radius 3 is 2.79 bits per heavy atom. The second kappa shape index (κ2) is 4.80. The fraction of sp³-hybridized carbons (Fsp3) is 0.533. The maximum Gasteiger partial charge on any atom is 0.261 e. The first-order chi connectivity index (χ1) is 9.09. The zero-order chi connectivity index (χ0) is 13.5. The Kier molecular flexibility index (Phi) is 3.27. The highest BCUT2D eigenvalue weighted by atomic mass is 35.5. The fourth-order valence-electron chi connectivity index (χ4n) is 3.33. The van der Waals surface area contributed by atoms with Gasteiger partial charge in [-0.15, -0.1) is 0 Å². The second-order valence-corrected chi connectivity index (χ2v) is 6.15. The van der Waals surface area contributed by atoms with E-state index in [1.54, 1.807) is 18.2 Å². The molecule has 1 unspecified atom stereocenters. The van der Waals surface area contributed by atoms with Gasteiger partial charge in [-0.2, -0.15) is 0 Å². The molecule has 0 spiro atoms. The van der Waals surface area contributed by atoms with Gasteiger partial charge in [0.15, 0.2) is 5.60 Å². The first-order valence-corrected chi connectivity index (χ1v) is 7.31. The Morgan fingerprint density at radius 2 is 2.05 bits per heavy atom. The summed E-state index contributed by atoms with van der Waals surface area (Å²) >= 11 is 5.99. The first kappa shape index (κ1) is 12.9. The van der Waals surface area contributed by atoms with Crippen molar-refractivity contribution in [1.29, 1.82) is 0 Å². The van der Waals surface area contributed by atoms with E-state index in [4.69, 9.17) is 11.6 Å². The molecule has 0 radical (unpaired) electrons. The van der Waals surface area contributed by atoms with Crippen LogP contribution in [0.2, 0.25) is 5.02 Å². The fourth-order valence-corrected chi connectivity index (χ4v) is 3.50. The van der Waals surface area contributed by atoms with Gasteiger partial charge in [-0.3, -0.25) is 4.79 Å². The van der Waals surface area contributed by atoms with Crippen LogP contribution in [0.25, 0.3) is 0 Å². The Hall–Kier alpha value is -1.06. The third-order valence-corrected chi connectivity index (χ3v) is 4.59. The van der Waals surface area contributed by atoms with Gasteiger partial charge >= 0.3 is 0 Å². The van der Waals surface area contributed by atoms with E-state index in [0.717, 1.165) is 12.8 Å². The van der Waals surface area contributed by atoms with Crippen LogP contribution in [0.1, 0.15) is 44.1 Å². The lowest BCUT2D eigenvalue weighted by Gasteiger charge is -2.29. The maximum atomic E-state index is 12.1. The predicted molar refractivity (Wildman–Crippen MR) is 75.2 cm³/mol. The number of fused-ring (bicyclic) bond motifs is 1. The second-order valence-electron chi connectivity index (χ2n) is 5.71. The molecule has 1 aliphatic carbocycles. The molecule has 1 saturated carbocycles. The van der Waals surface area contributed by atoms with Crippen LogP contribution in [0.5, 0.6) is 0 Å². The molecule has 3 rings (SSSR count). The van der Waals surface area contributed by atoms with E-state index in [1.165, 1.54) is 19.3 Å².